The molecule has 1 aliphatic heterocycles. The van der Waals surface area contributed by atoms with E-state index in [9.17, 15) is 0 Å². The number of ether oxygens (including phenoxy) is 1. The monoisotopic (exact) mass is 166 g/mol. The molecular weight excluding hydrogens is 152 g/mol. The molecule has 2 rings (SSSR count). The van der Waals surface area contributed by atoms with Crippen LogP contribution in [0.4, 0.5) is 0 Å². The zero-order valence-corrected chi connectivity index (χ0v) is 7.18. The normalized spacial score (nSPS) is 38.7. The molecule has 1 heterocycles. The van der Waals surface area contributed by atoms with Crippen LogP contribution in [-0.2, 0) is 4.74 Å². The Bertz CT molecular complexity index is 229. The summed E-state index contributed by atoms with van der Waals surface area (Å²) in [5, 5.41) is 8.87. The van der Waals surface area contributed by atoms with E-state index in [0.717, 1.165) is 19.3 Å². The van der Waals surface area contributed by atoms with Gasteiger partial charge in [0, 0.05) is 12.8 Å². The van der Waals surface area contributed by atoms with E-state index in [1.165, 1.54) is 6.42 Å². The quantitative estimate of drug-likeness (QED) is 0.582. The Morgan fingerprint density at radius 1 is 1.33 bits per heavy atom. The van der Waals surface area contributed by atoms with E-state index in [1.54, 1.807) is 0 Å². The van der Waals surface area contributed by atoms with E-state index in [-0.39, 0.29) is 5.60 Å². The number of nitrogens with zero attached hydrogens (tertiary/aromatic N) is 1. The third-order valence-corrected chi connectivity index (χ3v) is 3.08. The molecule has 2 aliphatic rings. The summed E-state index contributed by atoms with van der Waals surface area (Å²) in [4.78, 5) is 0. The molecule has 0 aromatic rings. The molecule has 1 unspecified atom stereocenters. The minimum absolute atomic E-state index is 0.0112. The standard InChI is InChI=1S/C9H14N2O/c10-7-8(11)4-5-12-9(6-8)2-1-3-9/h1-6,11H2. The van der Waals surface area contributed by atoms with E-state index < -0.39 is 5.54 Å². The lowest BCUT2D eigenvalue weighted by Crippen LogP contribution is -2.56. The van der Waals surface area contributed by atoms with Crippen molar-refractivity contribution in [3.8, 4) is 6.07 Å². The van der Waals surface area contributed by atoms with Gasteiger partial charge >= 0.3 is 0 Å². The van der Waals surface area contributed by atoms with Gasteiger partial charge in [0.15, 0.2) is 0 Å². The highest BCUT2D eigenvalue weighted by Gasteiger charge is 2.47. The third-order valence-electron chi connectivity index (χ3n) is 3.08. The zero-order valence-electron chi connectivity index (χ0n) is 7.18. The second kappa shape index (κ2) is 2.45. The fourth-order valence-corrected chi connectivity index (χ4v) is 2.15. The van der Waals surface area contributed by atoms with Crippen molar-refractivity contribution < 1.29 is 4.74 Å². The average molecular weight is 166 g/mol. The van der Waals surface area contributed by atoms with E-state index in [2.05, 4.69) is 6.07 Å². The van der Waals surface area contributed by atoms with E-state index in [0.29, 0.717) is 13.0 Å². The molecule has 0 amide bonds. The van der Waals surface area contributed by atoms with Crippen LogP contribution in [0.2, 0.25) is 0 Å². The largest absolute Gasteiger partial charge is 0.375 e. The fourth-order valence-electron chi connectivity index (χ4n) is 2.15. The van der Waals surface area contributed by atoms with Crippen molar-refractivity contribution >= 4 is 0 Å². The number of hydrogen-bond donors (Lipinski definition) is 1. The van der Waals surface area contributed by atoms with Gasteiger partial charge in [0.2, 0.25) is 0 Å². The summed E-state index contributed by atoms with van der Waals surface area (Å²) >= 11 is 0. The highest BCUT2D eigenvalue weighted by molar-refractivity contribution is 5.12. The fraction of sp³-hybridized carbons (Fsp3) is 0.889. The van der Waals surface area contributed by atoms with E-state index in [1.807, 2.05) is 0 Å². The molecule has 0 aromatic carbocycles. The predicted octanol–water partition coefficient (Wildman–Crippen LogP) is 0.941. The van der Waals surface area contributed by atoms with E-state index >= 15 is 0 Å². The van der Waals surface area contributed by atoms with Gasteiger partial charge in [0.05, 0.1) is 18.3 Å². The molecule has 3 nitrogen and oxygen atoms in total. The molecule has 1 spiro atoms. The lowest BCUT2D eigenvalue weighted by Gasteiger charge is -2.48. The summed E-state index contributed by atoms with van der Waals surface area (Å²) in [5.41, 5.74) is 5.28. The van der Waals surface area contributed by atoms with Gasteiger partial charge in [-0.25, -0.2) is 0 Å². The van der Waals surface area contributed by atoms with Crippen LogP contribution in [0.1, 0.15) is 32.1 Å². The van der Waals surface area contributed by atoms with Gasteiger partial charge in [-0.1, -0.05) is 0 Å². The Balaban J connectivity index is 2.09. The molecule has 0 bridgehead atoms. The van der Waals surface area contributed by atoms with Crippen molar-refractivity contribution in [1.82, 2.24) is 0 Å². The van der Waals surface area contributed by atoms with Crippen molar-refractivity contribution in [3.63, 3.8) is 0 Å². The van der Waals surface area contributed by atoms with Crippen LogP contribution in [0.25, 0.3) is 0 Å². The zero-order chi connectivity index (χ0) is 8.66. The Morgan fingerprint density at radius 3 is 2.58 bits per heavy atom. The molecule has 1 saturated carbocycles. The second-order valence-corrected chi connectivity index (χ2v) is 4.08. The highest BCUT2D eigenvalue weighted by Crippen LogP contribution is 2.44. The molecule has 66 valence electrons. The summed E-state index contributed by atoms with van der Waals surface area (Å²) in [6.07, 6.45) is 4.82. The predicted molar refractivity (Wildman–Crippen MR) is 44.3 cm³/mol. The number of nitrogens with two attached hydrogens (primary N) is 1. The first-order chi connectivity index (χ1) is 5.68. The first-order valence-corrected chi connectivity index (χ1v) is 4.52. The molecule has 0 radical (unpaired) electrons. The Hall–Kier alpha value is -0.590. The van der Waals surface area contributed by atoms with Crippen molar-refractivity contribution in [1.29, 1.82) is 5.26 Å². The molecule has 1 aliphatic carbocycles. The number of hydrogen-bond acceptors (Lipinski definition) is 3. The van der Waals surface area contributed by atoms with Crippen LogP contribution < -0.4 is 5.73 Å². The highest BCUT2D eigenvalue weighted by atomic mass is 16.5. The molecule has 12 heavy (non-hydrogen) atoms. The van der Waals surface area contributed by atoms with Crippen molar-refractivity contribution in [2.45, 2.75) is 43.2 Å². The van der Waals surface area contributed by atoms with Gasteiger partial charge in [-0.2, -0.15) is 5.26 Å². The first-order valence-electron chi connectivity index (χ1n) is 4.52. The Labute approximate surface area is 72.5 Å². The number of nitriles is 1. The van der Waals surface area contributed by atoms with Gasteiger partial charge in [0.25, 0.3) is 0 Å². The van der Waals surface area contributed by atoms with Crippen LogP contribution >= 0.6 is 0 Å². The third kappa shape index (κ3) is 1.12. The van der Waals surface area contributed by atoms with E-state index in [4.69, 9.17) is 15.7 Å². The van der Waals surface area contributed by atoms with Crippen molar-refractivity contribution in [2.24, 2.45) is 5.73 Å². The molecule has 0 aromatic heterocycles. The first kappa shape index (κ1) is 8.03. The summed E-state index contributed by atoms with van der Waals surface area (Å²) in [6, 6.07) is 2.20. The summed E-state index contributed by atoms with van der Waals surface area (Å²) in [6.45, 7) is 0.657. The Kier molecular flexibility index (Phi) is 1.64. The lowest BCUT2D eigenvalue weighted by atomic mass is 9.70. The summed E-state index contributed by atoms with van der Waals surface area (Å²) < 4.78 is 5.67. The smallest absolute Gasteiger partial charge is 0.109 e. The SMILES string of the molecule is N#CC1(N)CCOC2(CCC2)C1. The topological polar surface area (TPSA) is 59.0 Å². The molecule has 1 atom stereocenters. The molecule has 3 heteroatoms. The average Bonchev–Trinajstić information content (AvgIpc) is 2.02. The molecule has 2 fully saturated rings. The number of rotatable bonds is 0. The van der Waals surface area contributed by atoms with Gasteiger partial charge in [-0.3, -0.25) is 0 Å². The van der Waals surface area contributed by atoms with Crippen molar-refractivity contribution in [2.75, 3.05) is 6.61 Å². The molecule has 2 N–H and O–H groups in total. The van der Waals surface area contributed by atoms with Crippen LogP contribution in [0, 0.1) is 11.3 Å². The minimum Gasteiger partial charge on any atom is -0.375 e. The lowest BCUT2D eigenvalue weighted by molar-refractivity contribution is -0.140. The van der Waals surface area contributed by atoms with Crippen molar-refractivity contribution in [3.05, 3.63) is 0 Å². The maximum atomic E-state index is 8.87. The second-order valence-electron chi connectivity index (χ2n) is 4.08. The Morgan fingerprint density at radius 2 is 2.08 bits per heavy atom. The molecular formula is C9H14N2O. The molecule has 1 saturated heterocycles. The maximum Gasteiger partial charge on any atom is 0.109 e. The van der Waals surface area contributed by atoms with Crippen LogP contribution in [0.3, 0.4) is 0 Å². The van der Waals surface area contributed by atoms with Gasteiger partial charge < -0.3 is 10.5 Å². The van der Waals surface area contributed by atoms with Crippen LogP contribution in [-0.4, -0.2) is 17.7 Å². The summed E-state index contributed by atoms with van der Waals surface area (Å²) in [7, 11) is 0. The van der Waals surface area contributed by atoms with Crippen LogP contribution in [0.5, 0.6) is 0 Å². The van der Waals surface area contributed by atoms with Crippen LogP contribution in [0.15, 0.2) is 0 Å². The maximum absolute atomic E-state index is 8.87. The van der Waals surface area contributed by atoms with Gasteiger partial charge in [-0.05, 0) is 19.3 Å². The minimum atomic E-state index is -0.612. The summed E-state index contributed by atoms with van der Waals surface area (Å²) in [5.74, 6) is 0. The van der Waals surface area contributed by atoms with Gasteiger partial charge in [0.1, 0.15) is 5.54 Å². The van der Waals surface area contributed by atoms with Gasteiger partial charge in [-0.15, -0.1) is 0 Å².